The highest BCUT2D eigenvalue weighted by molar-refractivity contribution is 7.13. The smallest absolute Gasteiger partial charge is 0.336 e. The van der Waals surface area contributed by atoms with Gasteiger partial charge in [0, 0.05) is 13.1 Å². The number of hydrogen-bond acceptors (Lipinski definition) is 3. The highest BCUT2D eigenvalue weighted by Gasteiger charge is 2.34. The maximum atomic E-state index is 11.5. The molecule has 1 unspecified atom stereocenters. The Balaban J connectivity index is 2.05. The molecule has 1 aromatic carbocycles. The van der Waals surface area contributed by atoms with Gasteiger partial charge in [0.15, 0.2) is 0 Å². The molecule has 112 valence electrons. The van der Waals surface area contributed by atoms with Crippen molar-refractivity contribution >= 4 is 21.4 Å². The van der Waals surface area contributed by atoms with Crippen LogP contribution in [0.3, 0.4) is 0 Å². The summed E-state index contributed by atoms with van der Waals surface area (Å²) < 4.78 is 2.10. The minimum Gasteiger partial charge on any atom is -0.478 e. The Kier molecular flexibility index (Phi) is 3.87. The van der Waals surface area contributed by atoms with Crippen LogP contribution in [-0.4, -0.2) is 33.9 Å². The number of carboxylic acids is 1. The third-order valence-corrected chi connectivity index (χ3v) is 5.04. The molecule has 0 amide bonds. The minimum atomic E-state index is -0.924. The lowest BCUT2D eigenvalue weighted by atomic mass is 9.81. The SMILES string of the molecule is O=C(O)c1cc(C2(O)CCN(P)CC2)cc2c1C=CCC2. The van der Waals surface area contributed by atoms with E-state index in [0.717, 1.165) is 42.6 Å². The largest absolute Gasteiger partial charge is 0.478 e. The highest BCUT2D eigenvalue weighted by Crippen LogP contribution is 2.37. The van der Waals surface area contributed by atoms with Gasteiger partial charge in [-0.15, -0.1) is 0 Å². The maximum Gasteiger partial charge on any atom is 0.336 e. The van der Waals surface area contributed by atoms with Crippen molar-refractivity contribution in [3.05, 3.63) is 40.5 Å². The summed E-state index contributed by atoms with van der Waals surface area (Å²) in [7, 11) is 2.66. The zero-order valence-corrected chi connectivity index (χ0v) is 13.0. The van der Waals surface area contributed by atoms with Crippen molar-refractivity contribution in [2.75, 3.05) is 13.1 Å². The van der Waals surface area contributed by atoms with Crippen molar-refractivity contribution in [3.63, 3.8) is 0 Å². The lowest BCUT2D eigenvalue weighted by Gasteiger charge is -2.37. The second-order valence-electron chi connectivity index (χ2n) is 5.91. The fraction of sp³-hybridized carbons (Fsp3) is 0.438. The van der Waals surface area contributed by atoms with Gasteiger partial charge in [0.05, 0.1) is 11.2 Å². The average Bonchev–Trinajstić information content (AvgIpc) is 2.49. The van der Waals surface area contributed by atoms with E-state index in [1.807, 2.05) is 18.2 Å². The van der Waals surface area contributed by atoms with Gasteiger partial charge in [0.1, 0.15) is 0 Å². The van der Waals surface area contributed by atoms with Gasteiger partial charge in [0.2, 0.25) is 0 Å². The van der Waals surface area contributed by atoms with Crippen LogP contribution in [-0.2, 0) is 12.0 Å². The zero-order chi connectivity index (χ0) is 15.0. The zero-order valence-electron chi connectivity index (χ0n) is 11.9. The first-order chi connectivity index (χ1) is 9.99. The van der Waals surface area contributed by atoms with Crippen molar-refractivity contribution in [2.24, 2.45) is 0 Å². The van der Waals surface area contributed by atoms with Crippen LogP contribution in [0.25, 0.3) is 6.08 Å². The van der Waals surface area contributed by atoms with E-state index in [-0.39, 0.29) is 0 Å². The van der Waals surface area contributed by atoms with Gasteiger partial charge in [-0.25, -0.2) is 4.79 Å². The number of allylic oxidation sites excluding steroid dienone is 1. The van der Waals surface area contributed by atoms with Crippen LogP contribution in [0.1, 0.15) is 46.3 Å². The Hall–Kier alpha value is -1.22. The fourth-order valence-corrected chi connectivity index (χ4v) is 3.44. The second kappa shape index (κ2) is 5.53. The summed E-state index contributed by atoms with van der Waals surface area (Å²) in [4.78, 5) is 11.5. The minimum absolute atomic E-state index is 0.306. The van der Waals surface area contributed by atoms with E-state index >= 15 is 0 Å². The third kappa shape index (κ3) is 2.76. The summed E-state index contributed by atoms with van der Waals surface area (Å²) in [5, 5.41) is 20.4. The van der Waals surface area contributed by atoms with Crippen molar-refractivity contribution in [3.8, 4) is 0 Å². The molecule has 5 heteroatoms. The van der Waals surface area contributed by atoms with Crippen LogP contribution in [0.2, 0.25) is 0 Å². The molecule has 1 atom stereocenters. The molecule has 0 radical (unpaired) electrons. The quantitative estimate of drug-likeness (QED) is 0.824. The average molecular weight is 305 g/mol. The van der Waals surface area contributed by atoms with Crippen LogP contribution in [0.15, 0.2) is 18.2 Å². The summed E-state index contributed by atoms with van der Waals surface area (Å²) in [5.41, 5.74) is 1.99. The number of nitrogens with zero attached hydrogens (tertiary/aromatic N) is 1. The molecule has 1 aliphatic heterocycles. The summed E-state index contributed by atoms with van der Waals surface area (Å²) in [6.07, 6.45) is 6.92. The fourth-order valence-electron chi connectivity index (χ4n) is 3.19. The standard InChI is InChI=1S/C16H20NO3P/c18-15(19)14-10-12(9-11-3-1-2-4-13(11)14)16(20)5-7-17(21)8-6-16/h2,4,9-10,20H,1,3,5-8,21H2,(H,18,19). The van der Waals surface area contributed by atoms with Gasteiger partial charge in [-0.1, -0.05) is 27.6 Å². The molecule has 0 bridgehead atoms. The normalized spacial score (nSPS) is 21.0. The van der Waals surface area contributed by atoms with E-state index in [4.69, 9.17) is 0 Å². The van der Waals surface area contributed by atoms with Crippen LogP contribution in [0, 0.1) is 0 Å². The summed E-state index contributed by atoms with van der Waals surface area (Å²) >= 11 is 0. The number of rotatable bonds is 2. The number of aryl methyl sites for hydroxylation is 1. The van der Waals surface area contributed by atoms with Crippen LogP contribution in [0.4, 0.5) is 0 Å². The van der Waals surface area contributed by atoms with E-state index in [1.165, 1.54) is 0 Å². The van der Waals surface area contributed by atoms with Crippen molar-refractivity contribution < 1.29 is 15.0 Å². The van der Waals surface area contributed by atoms with Gasteiger partial charge in [-0.3, -0.25) is 4.67 Å². The molecule has 2 N–H and O–H groups in total. The molecule has 1 aliphatic carbocycles. The Morgan fingerprint density at radius 3 is 2.67 bits per heavy atom. The van der Waals surface area contributed by atoms with E-state index in [9.17, 15) is 15.0 Å². The predicted octanol–water partition coefficient (Wildman–Crippen LogP) is 2.42. The summed E-state index contributed by atoms with van der Waals surface area (Å²) in [6.45, 7) is 1.58. The number of aromatic carboxylic acids is 1. The molecule has 1 saturated heterocycles. The first-order valence-electron chi connectivity index (χ1n) is 7.29. The van der Waals surface area contributed by atoms with Gasteiger partial charge >= 0.3 is 5.97 Å². The number of carbonyl (C=O) groups is 1. The molecule has 21 heavy (non-hydrogen) atoms. The molecule has 2 aliphatic rings. The number of carboxylic acid groups (broad SMARTS) is 1. The van der Waals surface area contributed by atoms with Crippen molar-refractivity contribution in [1.82, 2.24) is 4.67 Å². The summed E-state index contributed by atoms with van der Waals surface area (Å²) in [6, 6.07) is 3.67. The van der Waals surface area contributed by atoms with E-state index in [0.29, 0.717) is 18.4 Å². The van der Waals surface area contributed by atoms with Crippen LogP contribution < -0.4 is 0 Å². The molecular formula is C16H20NO3P. The van der Waals surface area contributed by atoms with Gasteiger partial charge in [-0.05, 0) is 48.4 Å². The number of aliphatic hydroxyl groups is 1. The Morgan fingerprint density at radius 1 is 1.29 bits per heavy atom. The highest BCUT2D eigenvalue weighted by atomic mass is 31.0. The molecule has 0 saturated carbocycles. The molecule has 1 fully saturated rings. The molecule has 3 rings (SSSR count). The summed E-state index contributed by atoms with van der Waals surface area (Å²) in [5.74, 6) is -0.924. The Bertz CT molecular complexity index is 604. The molecule has 1 aromatic rings. The number of piperidine rings is 1. The van der Waals surface area contributed by atoms with Crippen molar-refractivity contribution in [2.45, 2.75) is 31.3 Å². The first kappa shape index (κ1) is 14.7. The van der Waals surface area contributed by atoms with Crippen LogP contribution in [0.5, 0.6) is 0 Å². The van der Waals surface area contributed by atoms with Crippen LogP contribution >= 0.6 is 9.39 Å². The van der Waals surface area contributed by atoms with Crippen molar-refractivity contribution in [1.29, 1.82) is 0 Å². The molecule has 4 nitrogen and oxygen atoms in total. The molecule has 0 spiro atoms. The van der Waals surface area contributed by atoms with Gasteiger partial charge in [-0.2, -0.15) is 0 Å². The molecule has 0 aromatic heterocycles. The van der Waals surface area contributed by atoms with Gasteiger partial charge in [0.25, 0.3) is 0 Å². The molecule has 1 heterocycles. The Morgan fingerprint density at radius 2 is 2.00 bits per heavy atom. The third-order valence-electron chi connectivity index (χ3n) is 4.52. The van der Waals surface area contributed by atoms with E-state index in [1.54, 1.807) is 6.07 Å². The number of fused-ring (bicyclic) bond motifs is 1. The Labute approximate surface area is 126 Å². The van der Waals surface area contributed by atoms with E-state index in [2.05, 4.69) is 14.1 Å². The molecular weight excluding hydrogens is 285 g/mol. The number of benzene rings is 1. The maximum absolute atomic E-state index is 11.5. The number of hydrogen-bond donors (Lipinski definition) is 2. The first-order valence-corrected chi connectivity index (χ1v) is 7.80. The lowest BCUT2D eigenvalue weighted by molar-refractivity contribution is -0.00836. The predicted molar refractivity (Wildman–Crippen MR) is 85.2 cm³/mol. The second-order valence-corrected chi connectivity index (χ2v) is 6.64. The van der Waals surface area contributed by atoms with Gasteiger partial charge < -0.3 is 10.2 Å². The topological polar surface area (TPSA) is 60.8 Å². The lowest BCUT2D eigenvalue weighted by Crippen LogP contribution is -2.38. The monoisotopic (exact) mass is 305 g/mol. The van der Waals surface area contributed by atoms with E-state index < -0.39 is 11.6 Å².